The normalized spacial score (nSPS) is 14.4. The monoisotopic (exact) mass is 548 g/mol. The first-order chi connectivity index (χ1) is 18.3. The number of carbonyl (C=O) groups excluding carboxylic acids is 1. The summed E-state index contributed by atoms with van der Waals surface area (Å²) in [4.78, 5) is 11.8. The Hall–Kier alpha value is -2.22. The van der Waals surface area contributed by atoms with Crippen LogP contribution in [-0.4, -0.2) is 43.0 Å². The number of hydrogen-bond acceptors (Lipinski definition) is 7. The lowest BCUT2D eigenvalue weighted by Gasteiger charge is -2.29. The Balaban J connectivity index is 1.91. The molecule has 0 fully saturated rings. The molecule has 0 aliphatic rings. The molecule has 0 spiro atoms. The fraction of sp³-hybridized carbons (Fsp3) is 0.552. The number of ether oxygens (including phenoxy) is 1. The molecule has 2 atom stereocenters. The van der Waals surface area contributed by atoms with Crippen molar-refractivity contribution in [1.29, 1.82) is 0 Å². The predicted molar refractivity (Wildman–Crippen MR) is 151 cm³/mol. The summed E-state index contributed by atoms with van der Waals surface area (Å²) in [6.07, 6.45) is 9.77. The van der Waals surface area contributed by atoms with Crippen LogP contribution in [0.1, 0.15) is 69.9 Å². The summed E-state index contributed by atoms with van der Waals surface area (Å²) in [6.45, 7) is 3.14. The molecule has 0 amide bonds. The second-order valence-electron chi connectivity index (χ2n) is 9.67. The number of aliphatic hydroxyl groups is 1. The molecule has 4 N–H and O–H groups in total. The van der Waals surface area contributed by atoms with E-state index in [1.807, 2.05) is 0 Å². The summed E-state index contributed by atoms with van der Waals surface area (Å²) >= 11 is 0. The zero-order chi connectivity index (χ0) is 27.7. The van der Waals surface area contributed by atoms with Crippen LogP contribution in [0.3, 0.4) is 0 Å². The van der Waals surface area contributed by atoms with E-state index < -0.39 is 19.3 Å². The Morgan fingerprint density at radius 2 is 1.58 bits per heavy atom. The first kappa shape index (κ1) is 32.0. The van der Waals surface area contributed by atoms with Gasteiger partial charge >= 0.3 is 13.7 Å². The Kier molecular flexibility index (Phi) is 14.6. The highest BCUT2D eigenvalue weighted by molar-refractivity contribution is 7.52. The van der Waals surface area contributed by atoms with E-state index >= 15 is 0 Å². The summed E-state index contributed by atoms with van der Waals surface area (Å²) in [5, 5.41) is 12.6. The minimum Gasteiger partial charge on any atom is -0.465 e. The maximum absolute atomic E-state index is 13.4. The van der Waals surface area contributed by atoms with Gasteiger partial charge < -0.3 is 20.1 Å². The standard InChI is InChI=1S/C29H45N2O6P/c1-3-5-6-7-8-10-13-25-16-18-26(19-17-25)20-21-29(30,23-32)24-36-38(34,31-22-28(33)35-4-2)37-27-14-11-9-12-15-27/h9,11-12,14-19,32H,3-8,10,13,20-24,30H2,1-2H3,(H,31,34). The number of hydrogen-bond donors (Lipinski definition) is 3. The van der Waals surface area contributed by atoms with Gasteiger partial charge in [-0.2, -0.15) is 0 Å². The van der Waals surface area contributed by atoms with Gasteiger partial charge in [0.15, 0.2) is 0 Å². The lowest BCUT2D eigenvalue weighted by atomic mass is 9.93. The molecule has 0 radical (unpaired) electrons. The van der Waals surface area contributed by atoms with Gasteiger partial charge in [-0.25, -0.2) is 9.65 Å². The molecule has 2 unspecified atom stereocenters. The number of para-hydroxylation sites is 1. The lowest BCUT2D eigenvalue weighted by molar-refractivity contribution is -0.141. The van der Waals surface area contributed by atoms with Gasteiger partial charge in [0, 0.05) is 0 Å². The average Bonchev–Trinajstić information content (AvgIpc) is 2.93. The molecule has 0 saturated heterocycles. The minimum atomic E-state index is -3.99. The van der Waals surface area contributed by atoms with Gasteiger partial charge in [0.1, 0.15) is 12.3 Å². The zero-order valence-corrected chi connectivity index (χ0v) is 23.8. The van der Waals surface area contributed by atoms with Crippen molar-refractivity contribution < 1.29 is 28.3 Å². The summed E-state index contributed by atoms with van der Waals surface area (Å²) in [5.74, 6) is -0.283. The molecular formula is C29H45N2O6P. The largest absolute Gasteiger partial charge is 0.465 e. The van der Waals surface area contributed by atoms with Gasteiger partial charge in [0.05, 0.1) is 25.4 Å². The molecule has 0 bridgehead atoms. The second-order valence-corrected chi connectivity index (χ2v) is 11.4. The van der Waals surface area contributed by atoms with Crippen molar-refractivity contribution in [3.8, 4) is 5.75 Å². The highest BCUT2D eigenvalue weighted by atomic mass is 31.2. The molecule has 9 heteroatoms. The third kappa shape index (κ3) is 12.5. The van der Waals surface area contributed by atoms with Crippen molar-refractivity contribution in [2.45, 2.75) is 77.2 Å². The number of nitrogens with one attached hydrogen (secondary N) is 1. The molecule has 38 heavy (non-hydrogen) atoms. The molecule has 8 nitrogen and oxygen atoms in total. The van der Waals surface area contributed by atoms with E-state index in [4.69, 9.17) is 19.5 Å². The van der Waals surface area contributed by atoms with Crippen molar-refractivity contribution in [2.24, 2.45) is 5.73 Å². The average molecular weight is 549 g/mol. The highest BCUT2D eigenvalue weighted by Crippen LogP contribution is 2.44. The topological polar surface area (TPSA) is 120 Å². The van der Waals surface area contributed by atoms with Crippen LogP contribution in [0.4, 0.5) is 0 Å². The van der Waals surface area contributed by atoms with E-state index in [1.165, 1.54) is 44.1 Å². The van der Waals surface area contributed by atoms with Crippen LogP contribution in [0.25, 0.3) is 0 Å². The molecule has 2 rings (SSSR count). The summed E-state index contributed by atoms with van der Waals surface area (Å²) < 4.78 is 29.5. The number of esters is 1. The zero-order valence-electron chi connectivity index (χ0n) is 22.9. The Morgan fingerprint density at radius 1 is 0.947 bits per heavy atom. The van der Waals surface area contributed by atoms with Gasteiger partial charge in [-0.15, -0.1) is 0 Å². The van der Waals surface area contributed by atoms with Crippen LogP contribution in [0.5, 0.6) is 5.75 Å². The van der Waals surface area contributed by atoms with Gasteiger partial charge in [0.25, 0.3) is 0 Å². The maximum Gasteiger partial charge on any atom is 0.459 e. The Morgan fingerprint density at radius 3 is 2.21 bits per heavy atom. The van der Waals surface area contributed by atoms with Crippen LogP contribution in [0, 0.1) is 0 Å². The highest BCUT2D eigenvalue weighted by Gasteiger charge is 2.33. The number of aryl methyl sites for hydroxylation is 2. The minimum absolute atomic E-state index is 0.196. The molecule has 0 heterocycles. The lowest BCUT2D eigenvalue weighted by Crippen LogP contribution is -2.48. The van der Waals surface area contributed by atoms with Gasteiger partial charge in [-0.3, -0.25) is 9.32 Å². The molecule has 0 aliphatic heterocycles. The van der Waals surface area contributed by atoms with E-state index in [1.54, 1.807) is 37.3 Å². The molecule has 212 valence electrons. The summed E-state index contributed by atoms with van der Waals surface area (Å²) in [5.41, 5.74) is 7.69. The molecular weight excluding hydrogens is 503 g/mol. The number of carbonyl (C=O) groups is 1. The molecule has 0 aliphatic carbocycles. The van der Waals surface area contributed by atoms with Crippen LogP contribution in [0.15, 0.2) is 54.6 Å². The fourth-order valence-corrected chi connectivity index (χ4v) is 5.24. The first-order valence-corrected chi connectivity index (χ1v) is 15.2. The predicted octanol–water partition coefficient (Wildman–Crippen LogP) is 5.57. The fourth-order valence-electron chi connectivity index (χ4n) is 3.88. The van der Waals surface area contributed by atoms with Gasteiger partial charge in [-0.05, 0) is 55.9 Å². The molecule has 0 saturated carbocycles. The van der Waals surface area contributed by atoms with Crippen LogP contribution in [0.2, 0.25) is 0 Å². The van der Waals surface area contributed by atoms with Gasteiger partial charge in [0.2, 0.25) is 0 Å². The van der Waals surface area contributed by atoms with Crippen LogP contribution in [-0.2, 0) is 31.5 Å². The van der Waals surface area contributed by atoms with E-state index in [0.717, 1.165) is 12.0 Å². The summed E-state index contributed by atoms with van der Waals surface area (Å²) in [6, 6.07) is 17.0. The smallest absolute Gasteiger partial charge is 0.459 e. The number of unbranched alkanes of at least 4 members (excludes halogenated alkanes) is 5. The molecule has 0 aromatic heterocycles. The SMILES string of the molecule is CCCCCCCCc1ccc(CCC(N)(CO)COP(=O)(NCC(=O)OCC)Oc2ccccc2)cc1. The Labute approximate surface area is 227 Å². The second kappa shape index (κ2) is 17.4. The van der Waals surface area contributed by atoms with Crippen LogP contribution >= 0.6 is 7.75 Å². The molecule has 2 aromatic rings. The van der Waals surface area contributed by atoms with Crippen molar-refractivity contribution in [1.82, 2.24) is 5.09 Å². The number of nitrogens with two attached hydrogens (primary N) is 1. The third-order valence-corrected chi connectivity index (χ3v) is 7.75. The van der Waals surface area contributed by atoms with E-state index in [9.17, 15) is 14.5 Å². The number of benzene rings is 2. The first-order valence-electron chi connectivity index (χ1n) is 13.7. The van der Waals surface area contributed by atoms with Gasteiger partial charge in [-0.1, -0.05) is 81.5 Å². The maximum atomic E-state index is 13.4. The molecule has 2 aromatic carbocycles. The van der Waals surface area contributed by atoms with Crippen molar-refractivity contribution in [2.75, 3.05) is 26.4 Å². The Bertz CT molecular complexity index is 973. The van der Waals surface area contributed by atoms with Crippen molar-refractivity contribution in [3.63, 3.8) is 0 Å². The van der Waals surface area contributed by atoms with Crippen molar-refractivity contribution >= 4 is 13.7 Å². The van der Waals surface area contributed by atoms with E-state index in [-0.39, 0.29) is 26.4 Å². The third-order valence-electron chi connectivity index (χ3n) is 6.28. The quantitative estimate of drug-likeness (QED) is 0.112. The van der Waals surface area contributed by atoms with Crippen molar-refractivity contribution in [3.05, 3.63) is 65.7 Å². The van der Waals surface area contributed by atoms with Crippen LogP contribution < -0.4 is 15.3 Å². The number of aliphatic hydroxyl groups excluding tert-OH is 1. The number of rotatable bonds is 20. The van der Waals surface area contributed by atoms with E-state index in [2.05, 4.69) is 36.3 Å². The van der Waals surface area contributed by atoms with E-state index in [0.29, 0.717) is 18.6 Å². The summed E-state index contributed by atoms with van der Waals surface area (Å²) in [7, 11) is -3.99.